The monoisotopic (exact) mass is 267 g/mol. The van der Waals surface area contributed by atoms with Crippen LogP contribution in [-0.2, 0) is 22.4 Å². The summed E-state index contributed by atoms with van der Waals surface area (Å²) in [6.07, 6.45) is 3.89. The Morgan fingerprint density at radius 2 is 2.16 bits per heavy atom. The van der Waals surface area contributed by atoms with Gasteiger partial charge in [0.2, 0.25) is 0 Å². The molecular formula is C13H21N3O3. The van der Waals surface area contributed by atoms with Gasteiger partial charge >= 0.3 is 5.97 Å². The van der Waals surface area contributed by atoms with Crippen LogP contribution in [0, 0.1) is 0 Å². The lowest BCUT2D eigenvalue weighted by atomic mass is 9.80. The summed E-state index contributed by atoms with van der Waals surface area (Å²) in [5.74, 6) is 0.666. The van der Waals surface area contributed by atoms with E-state index < -0.39 is 5.97 Å². The molecule has 6 nitrogen and oxygen atoms in total. The first-order chi connectivity index (χ1) is 9.06. The van der Waals surface area contributed by atoms with E-state index in [1.165, 1.54) is 7.11 Å². The van der Waals surface area contributed by atoms with Gasteiger partial charge in [-0.3, -0.25) is 0 Å². The molecule has 0 aliphatic heterocycles. The zero-order valence-electron chi connectivity index (χ0n) is 11.7. The van der Waals surface area contributed by atoms with Gasteiger partial charge in [0.25, 0.3) is 0 Å². The number of ether oxygens (including phenoxy) is 2. The quantitative estimate of drug-likeness (QED) is 0.815. The van der Waals surface area contributed by atoms with Crippen LogP contribution < -0.4 is 5.73 Å². The average Bonchev–Trinajstić information content (AvgIpc) is 2.69. The number of nitrogens with two attached hydrogens (primary N) is 1. The third-order valence-electron chi connectivity index (χ3n) is 3.92. The SMILES string of the molecule is CCc1nc(C(=O)OC)c(N)n1CC1(OC)CCC1. The van der Waals surface area contributed by atoms with E-state index in [0.29, 0.717) is 18.8 Å². The number of nitrogens with zero attached hydrogens (tertiary/aromatic N) is 2. The Morgan fingerprint density at radius 1 is 1.47 bits per heavy atom. The van der Waals surface area contributed by atoms with Crippen molar-refractivity contribution in [3.8, 4) is 0 Å². The van der Waals surface area contributed by atoms with Crippen LogP contribution in [0.5, 0.6) is 0 Å². The Labute approximate surface area is 112 Å². The maximum atomic E-state index is 11.6. The van der Waals surface area contributed by atoms with Crippen LogP contribution in [0.2, 0.25) is 0 Å². The second kappa shape index (κ2) is 5.21. The lowest BCUT2D eigenvalue weighted by Gasteiger charge is -2.41. The van der Waals surface area contributed by atoms with Gasteiger partial charge < -0.3 is 19.8 Å². The first kappa shape index (κ1) is 13.9. The van der Waals surface area contributed by atoms with E-state index >= 15 is 0 Å². The average molecular weight is 267 g/mol. The summed E-state index contributed by atoms with van der Waals surface area (Å²) in [5.41, 5.74) is 6.08. The van der Waals surface area contributed by atoms with Gasteiger partial charge in [-0.05, 0) is 19.3 Å². The van der Waals surface area contributed by atoms with Crippen LogP contribution >= 0.6 is 0 Å². The number of methoxy groups -OCH3 is 2. The molecule has 0 amide bonds. The van der Waals surface area contributed by atoms with Crippen molar-refractivity contribution in [1.29, 1.82) is 0 Å². The molecule has 1 fully saturated rings. The highest BCUT2D eigenvalue weighted by atomic mass is 16.5. The predicted octanol–water partition coefficient (Wildman–Crippen LogP) is 1.38. The molecule has 0 radical (unpaired) electrons. The van der Waals surface area contributed by atoms with E-state index in [2.05, 4.69) is 4.98 Å². The fourth-order valence-corrected chi connectivity index (χ4v) is 2.49. The second-order valence-corrected chi connectivity index (χ2v) is 4.93. The van der Waals surface area contributed by atoms with Crippen LogP contribution in [0.3, 0.4) is 0 Å². The first-order valence-electron chi connectivity index (χ1n) is 6.55. The fourth-order valence-electron chi connectivity index (χ4n) is 2.49. The standard InChI is InChI=1S/C13H21N3O3/c1-4-9-15-10(12(17)18-2)11(14)16(9)8-13(19-3)6-5-7-13/h4-8,14H2,1-3H3. The third-order valence-corrected chi connectivity index (χ3v) is 3.92. The minimum atomic E-state index is -0.494. The minimum absolute atomic E-state index is 0.161. The van der Waals surface area contributed by atoms with Gasteiger partial charge in [-0.2, -0.15) is 0 Å². The van der Waals surface area contributed by atoms with E-state index in [1.807, 2.05) is 11.5 Å². The maximum Gasteiger partial charge on any atom is 0.360 e. The number of hydrogen-bond acceptors (Lipinski definition) is 5. The number of hydrogen-bond donors (Lipinski definition) is 1. The van der Waals surface area contributed by atoms with Crippen LogP contribution in [0.25, 0.3) is 0 Å². The molecular weight excluding hydrogens is 246 g/mol. The topological polar surface area (TPSA) is 79.4 Å². The van der Waals surface area contributed by atoms with E-state index in [-0.39, 0.29) is 11.3 Å². The highest BCUT2D eigenvalue weighted by Gasteiger charge is 2.38. The largest absolute Gasteiger partial charge is 0.464 e. The van der Waals surface area contributed by atoms with Gasteiger partial charge in [-0.1, -0.05) is 6.92 Å². The Morgan fingerprint density at radius 3 is 2.58 bits per heavy atom. The van der Waals surface area contributed by atoms with Crippen molar-refractivity contribution < 1.29 is 14.3 Å². The Hall–Kier alpha value is -1.56. The van der Waals surface area contributed by atoms with Crippen LogP contribution in [0.4, 0.5) is 5.82 Å². The number of rotatable bonds is 5. The van der Waals surface area contributed by atoms with Gasteiger partial charge in [-0.25, -0.2) is 9.78 Å². The van der Waals surface area contributed by atoms with Gasteiger partial charge in [0.1, 0.15) is 11.6 Å². The molecule has 0 atom stereocenters. The number of nitrogen functional groups attached to an aromatic ring is 1. The molecule has 19 heavy (non-hydrogen) atoms. The fraction of sp³-hybridized carbons (Fsp3) is 0.692. The molecule has 1 saturated carbocycles. The highest BCUT2D eigenvalue weighted by molar-refractivity contribution is 5.92. The Balaban J connectivity index is 2.33. The van der Waals surface area contributed by atoms with Crippen molar-refractivity contribution in [2.45, 2.75) is 44.8 Å². The van der Waals surface area contributed by atoms with E-state index in [0.717, 1.165) is 25.1 Å². The molecule has 1 aliphatic carbocycles. The van der Waals surface area contributed by atoms with Gasteiger partial charge in [-0.15, -0.1) is 0 Å². The van der Waals surface area contributed by atoms with Crippen LogP contribution in [0.1, 0.15) is 42.5 Å². The lowest BCUT2D eigenvalue weighted by molar-refractivity contribution is -0.0835. The smallest absolute Gasteiger partial charge is 0.360 e. The molecule has 0 aromatic carbocycles. The van der Waals surface area contributed by atoms with Crippen molar-refractivity contribution in [3.63, 3.8) is 0 Å². The van der Waals surface area contributed by atoms with Gasteiger partial charge in [0, 0.05) is 13.5 Å². The Kier molecular flexibility index (Phi) is 3.80. The molecule has 106 valence electrons. The minimum Gasteiger partial charge on any atom is -0.464 e. The number of carbonyl (C=O) groups excluding carboxylic acids is 1. The van der Waals surface area contributed by atoms with Crippen molar-refractivity contribution in [3.05, 3.63) is 11.5 Å². The summed E-state index contributed by atoms with van der Waals surface area (Å²) >= 11 is 0. The molecule has 0 unspecified atom stereocenters. The molecule has 0 bridgehead atoms. The number of esters is 1. The molecule has 2 rings (SSSR count). The predicted molar refractivity (Wildman–Crippen MR) is 70.9 cm³/mol. The maximum absolute atomic E-state index is 11.6. The molecule has 1 heterocycles. The molecule has 0 saturated heterocycles. The number of carbonyl (C=O) groups is 1. The number of aryl methyl sites for hydroxylation is 1. The zero-order chi connectivity index (χ0) is 14.0. The zero-order valence-corrected chi connectivity index (χ0v) is 11.7. The summed E-state index contributed by atoms with van der Waals surface area (Å²) in [7, 11) is 3.05. The third kappa shape index (κ3) is 2.32. The molecule has 1 aromatic rings. The summed E-state index contributed by atoms with van der Waals surface area (Å²) < 4.78 is 12.2. The molecule has 2 N–H and O–H groups in total. The first-order valence-corrected chi connectivity index (χ1v) is 6.55. The van der Waals surface area contributed by atoms with Crippen molar-refractivity contribution >= 4 is 11.8 Å². The molecule has 1 aromatic heterocycles. The normalized spacial score (nSPS) is 17.0. The van der Waals surface area contributed by atoms with Gasteiger partial charge in [0.05, 0.1) is 19.3 Å². The summed E-state index contributed by atoms with van der Waals surface area (Å²) in [6, 6.07) is 0. The molecule has 0 spiro atoms. The number of imidazole rings is 1. The van der Waals surface area contributed by atoms with Crippen molar-refractivity contribution in [1.82, 2.24) is 9.55 Å². The van der Waals surface area contributed by atoms with Crippen LogP contribution in [0.15, 0.2) is 0 Å². The Bertz CT molecular complexity index is 472. The summed E-state index contributed by atoms with van der Waals surface area (Å²) in [6.45, 7) is 2.63. The van der Waals surface area contributed by atoms with E-state index in [9.17, 15) is 4.79 Å². The highest BCUT2D eigenvalue weighted by Crippen LogP contribution is 2.37. The number of aromatic nitrogens is 2. The van der Waals surface area contributed by atoms with Crippen molar-refractivity contribution in [2.24, 2.45) is 0 Å². The van der Waals surface area contributed by atoms with Crippen LogP contribution in [-0.4, -0.2) is 35.3 Å². The van der Waals surface area contributed by atoms with E-state index in [4.69, 9.17) is 15.2 Å². The number of anilines is 1. The summed E-state index contributed by atoms with van der Waals surface area (Å²) in [4.78, 5) is 15.9. The second-order valence-electron chi connectivity index (χ2n) is 4.93. The molecule has 1 aliphatic rings. The lowest BCUT2D eigenvalue weighted by Crippen LogP contribution is -2.43. The van der Waals surface area contributed by atoms with E-state index in [1.54, 1.807) is 7.11 Å². The summed E-state index contributed by atoms with van der Waals surface area (Å²) in [5, 5.41) is 0. The van der Waals surface area contributed by atoms with Gasteiger partial charge in [0.15, 0.2) is 5.69 Å². The van der Waals surface area contributed by atoms with Crippen molar-refractivity contribution in [2.75, 3.05) is 20.0 Å². The molecule has 6 heteroatoms.